The summed E-state index contributed by atoms with van der Waals surface area (Å²) < 4.78 is 10.7. The molecular formula is C31H37N5O4. The highest BCUT2D eigenvalue weighted by atomic mass is 16.5. The lowest BCUT2D eigenvalue weighted by atomic mass is 10.1. The van der Waals surface area contributed by atoms with E-state index in [2.05, 4.69) is 26.5 Å². The van der Waals surface area contributed by atoms with Gasteiger partial charge in [-0.05, 0) is 73.9 Å². The lowest BCUT2D eigenvalue weighted by Gasteiger charge is -2.39. The zero-order valence-corrected chi connectivity index (χ0v) is 23.2. The molecule has 2 fully saturated rings. The van der Waals surface area contributed by atoms with Gasteiger partial charge < -0.3 is 34.8 Å². The number of hydrogen-bond acceptors (Lipinski definition) is 6. The number of methoxy groups -OCH3 is 2. The molecule has 9 heteroatoms. The number of carbonyl (C=O) groups is 2. The Labute approximate surface area is 235 Å². The van der Waals surface area contributed by atoms with Crippen LogP contribution in [0.25, 0.3) is 0 Å². The first kappa shape index (κ1) is 27.2. The van der Waals surface area contributed by atoms with Crippen LogP contribution in [-0.4, -0.2) is 70.3 Å². The number of carbonyl (C=O) groups excluding carboxylic acids is 2. The Balaban J connectivity index is 1.33. The summed E-state index contributed by atoms with van der Waals surface area (Å²) in [4.78, 5) is 33.0. The summed E-state index contributed by atoms with van der Waals surface area (Å²) in [5.74, 6) is 1.59. The van der Waals surface area contributed by atoms with E-state index < -0.39 is 0 Å². The Morgan fingerprint density at radius 2 is 1.30 bits per heavy atom. The van der Waals surface area contributed by atoms with Crippen LogP contribution in [-0.2, 0) is 0 Å². The van der Waals surface area contributed by atoms with Crippen molar-refractivity contribution < 1.29 is 19.1 Å². The molecule has 3 aromatic rings. The van der Waals surface area contributed by atoms with Crippen molar-refractivity contribution in [1.29, 1.82) is 0 Å². The molecule has 9 nitrogen and oxygen atoms in total. The van der Waals surface area contributed by atoms with Gasteiger partial charge in [0.05, 0.1) is 25.5 Å². The minimum atomic E-state index is -0.375. The van der Waals surface area contributed by atoms with Crippen molar-refractivity contribution in [1.82, 2.24) is 4.90 Å². The quantitative estimate of drug-likeness (QED) is 0.421. The van der Waals surface area contributed by atoms with Crippen LogP contribution in [0, 0.1) is 0 Å². The molecule has 2 saturated heterocycles. The Hall–Kier alpha value is -4.40. The molecule has 3 aromatic carbocycles. The highest BCUT2D eigenvalue weighted by Gasteiger charge is 2.26. The third-order valence-electron chi connectivity index (χ3n) is 7.52. The molecule has 0 aromatic heterocycles. The van der Waals surface area contributed by atoms with Crippen molar-refractivity contribution >= 4 is 34.7 Å². The lowest BCUT2D eigenvalue weighted by Crippen LogP contribution is -2.47. The fourth-order valence-corrected chi connectivity index (χ4v) is 5.38. The number of urea groups is 1. The summed E-state index contributed by atoms with van der Waals surface area (Å²) >= 11 is 0. The average molecular weight is 544 g/mol. The minimum Gasteiger partial charge on any atom is -0.497 e. The average Bonchev–Trinajstić information content (AvgIpc) is 3.01. The molecular weight excluding hydrogens is 506 g/mol. The summed E-state index contributed by atoms with van der Waals surface area (Å²) in [5.41, 5.74) is 3.82. The molecule has 210 valence electrons. The number of rotatable bonds is 7. The SMILES string of the molecule is COc1ccc(NC(=O)Nc2ccc(N3CCN(c4ccccc4OC)CC3)c(C(=O)N3CCCCC3)c2)cc1. The normalized spacial score (nSPS) is 15.4. The second kappa shape index (κ2) is 12.6. The summed E-state index contributed by atoms with van der Waals surface area (Å²) in [7, 11) is 3.29. The molecule has 40 heavy (non-hydrogen) atoms. The molecule has 5 rings (SSSR count). The zero-order valence-electron chi connectivity index (χ0n) is 23.2. The predicted octanol–water partition coefficient (Wildman–Crippen LogP) is 5.30. The van der Waals surface area contributed by atoms with Gasteiger partial charge in [0, 0.05) is 56.3 Å². The molecule has 2 aliphatic heterocycles. The number of nitrogens with one attached hydrogen (secondary N) is 2. The van der Waals surface area contributed by atoms with E-state index in [1.165, 1.54) is 0 Å². The standard InChI is InChI=1S/C31H37N5O4/c1-39-25-13-10-23(11-14-25)32-31(38)33-24-12-15-27(26(22-24)30(37)36-16-6-3-7-17-36)34-18-20-35(21-19-34)28-8-4-5-9-29(28)40-2/h4-5,8-15,22H,3,6-7,16-21H2,1-2H3,(H2,32,33,38). The van der Waals surface area contributed by atoms with Gasteiger partial charge in [0.1, 0.15) is 11.5 Å². The number of piperazine rings is 1. The monoisotopic (exact) mass is 543 g/mol. The van der Waals surface area contributed by atoms with Gasteiger partial charge in [0.15, 0.2) is 0 Å². The zero-order chi connectivity index (χ0) is 27.9. The van der Waals surface area contributed by atoms with Gasteiger partial charge in [-0.3, -0.25) is 4.79 Å². The minimum absolute atomic E-state index is 0.0149. The van der Waals surface area contributed by atoms with E-state index in [9.17, 15) is 9.59 Å². The molecule has 0 bridgehead atoms. The van der Waals surface area contributed by atoms with E-state index in [1.807, 2.05) is 41.3 Å². The van der Waals surface area contributed by atoms with Gasteiger partial charge in [-0.15, -0.1) is 0 Å². The predicted molar refractivity (Wildman–Crippen MR) is 159 cm³/mol. The number of piperidine rings is 1. The molecule has 0 unspecified atom stereocenters. The van der Waals surface area contributed by atoms with Crippen LogP contribution >= 0.6 is 0 Å². The highest BCUT2D eigenvalue weighted by Crippen LogP contribution is 2.32. The van der Waals surface area contributed by atoms with Gasteiger partial charge in [-0.1, -0.05) is 12.1 Å². The van der Waals surface area contributed by atoms with Crippen LogP contribution < -0.4 is 29.9 Å². The molecule has 0 spiro atoms. The Morgan fingerprint density at radius 1 is 0.675 bits per heavy atom. The second-order valence-electron chi connectivity index (χ2n) is 10.0. The molecule has 2 aliphatic rings. The molecule has 0 saturated carbocycles. The van der Waals surface area contributed by atoms with Gasteiger partial charge in [0.25, 0.3) is 5.91 Å². The topological polar surface area (TPSA) is 86.4 Å². The molecule has 0 atom stereocenters. The number of ether oxygens (including phenoxy) is 2. The van der Waals surface area contributed by atoms with E-state index in [4.69, 9.17) is 9.47 Å². The van der Waals surface area contributed by atoms with Crippen molar-refractivity contribution in [2.75, 3.05) is 73.9 Å². The van der Waals surface area contributed by atoms with E-state index in [0.29, 0.717) is 22.7 Å². The first-order valence-electron chi connectivity index (χ1n) is 13.8. The number of anilines is 4. The van der Waals surface area contributed by atoms with Gasteiger partial charge in [0.2, 0.25) is 0 Å². The van der Waals surface area contributed by atoms with Crippen molar-refractivity contribution in [3.8, 4) is 11.5 Å². The summed E-state index contributed by atoms with van der Waals surface area (Å²) in [6.45, 7) is 4.67. The maximum atomic E-state index is 13.8. The summed E-state index contributed by atoms with van der Waals surface area (Å²) in [5, 5.41) is 5.73. The van der Waals surface area contributed by atoms with Crippen molar-refractivity contribution in [2.24, 2.45) is 0 Å². The number of hydrogen-bond donors (Lipinski definition) is 2. The smallest absolute Gasteiger partial charge is 0.323 e. The van der Waals surface area contributed by atoms with E-state index in [0.717, 1.165) is 75.7 Å². The maximum Gasteiger partial charge on any atom is 0.323 e. The van der Waals surface area contributed by atoms with Crippen LogP contribution in [0.3, 0.4) is 0 Å². The van der Waals surface area contributed by atoms with Crippen LogP contribution in [0.5, 0.6) is 11.5 Å². The molecule has 0 aliphatic carbocycles. The molecule has 0 radical (unpaired) electrons. The molecule has 3 amide bonds. The third-order valence-corrected chi connectivity index (χ3v) is 7.52. The van der Waals surface area contributed by atoms with Crippen molar-refractivity contribution in [3.63, 3.8) is 0 Å². The highest BCUT2D eigenvalue weighted by molar-refractivity contribution is 6.04. The Morgan fingerprint density at radius 3 is 1.98 bits per heavy atom. The number of benzene rings is 3. The lowest BCUT2D eigenvalue weighted by molar-refractivity contribution is 0.0725. The summed E-state index contributed by atoms with van der Waals surface area (Å²) in [6.07, 6.45) is 3.18. The van der Waals surface area contributed by atoms with Gasteiger partial charge in [-0.2, -0.15) is 0 Å². The number of likely N-dealkylation sites (tertiary alicyclic amines) is 1. The maximum absolute atomic E-state index is 13.8. The van der Waals surface area contributed by atoms with Gasteiger partial charge in [-0.25, -0.2) is 4.79 Å². The number of nitrogens with zero attached hydrogens (tertiary/aromatic N) is 3. The number of amides is 3. The third kappa shape index (κ3) is 6.25. The molecule has 2 N–H and O–H groups in total. The van der Waals surface area contributed by atoms with Crippen LogP contribution in [0.1, 0.15) is 29.6 Å². The molecule has 2 heterocycles. The largest absolute Gasteiger partial charge is 0.497 e. The Bertz CT molecular complexity index is 1320. The Kier molecular flexibility index (Phi) is 8.59. The summed E-state index contributed by atoms with van der Waals surface area (Å²) in [6, 6.07) is 20.4. The first-order chi connectivity index (χ1) is 19.6. The van der Waals surface area contributed by atoms with E-state index in [-0.39, 0.29) is 11.9 Å². The fourth-order valence-electron chi connectivity index (χ4n) is 5.38. The second-order valence-corrected chi connectivity index (χ2v) is 10.0. The number of para-hydroxylation sites is 2. The van der Waals surface area contributed by atoms with E-state index >= 15 is 0 Å². The van der Waals surface area contributed by atoms with Crippen LogP contribution in [0.2, 0.25) is 0 Å². The van der Waals surface area contributed by atoms with Crippen molar-refractivity contribution in [3.05, 3.63) is 72.3 Å². The van der Waals surface area contributed by atoms with Crippen LogP contribution in [0.15, 0.2) is 66.7 Å². The van der Waals surface area contributed by atoms with E-state index in [1.54, 1.807) is 38.5 Å². The van der Waals surface area contributed by atoms with Crippen LogP contribution in [0.4, 0.5) is 27.5 Å². The fraction of sp³-hybridized carbons (Fsp3) is 0.355. The van der Waals surface area contributed by atoms with Gasteiger partial charge >= 0.3 is 6.03 Å². The van der Waals surface area contributed by atoms with Crippen molar-refractivity contribution in [2.45, 2.75) is 19.3 Å². The first-order valence-corrected chi connectivity index (χ1v) is 13.8.